The first-order chi connectivity index (χ1) is 10.5. The molecule has 0 bridgehead atoms. The Balaban J connectivity index is 1.68. The number of carbonyl (C=O) groups is 1. The standard InChI is InChI=1S/C16H17Cl2N3O/c1-10(11-2-3-11)21-15(6-7-19-21)20-16(22)8-12-4-5-13(17)9-14(12)18/h4-7,9-11H,2-3,8H2,1H3,(H,20,22). The summed E-state index contributed by atoms with van der Waals surface area (Å²) in [6.45, 7) is 2.14. The monoisotopic (exact) mass is 337 g/mol. The number of aromatic nitrogens is 2. The highest BCUT2D eigenvalue weighted by Crippen LogP contribution is 2.40. The average Bonchev–Trinajstić information content (AvgIpc) is 3.22. The van der Waals surface area contributed by atoms with E-state index < -0.39 is 0 Å². The number of nitrogens with one attached hydrogen (secondary N) is 1. The Bertz CT molecular complexity index is 694. The van der Waals surface area contributed by atoms with Gasteiger partial charge in [-0.2, -0.15) is 5.10 Å². The number of rotatable bonds is 5. The van der Waals surface area contributed by atoms with Crippen LogP contribution in [0.3, 0.4) is 0 Å². The molecule has 3 rings (SSSR count). The molecule has 1 fully saturated rings. The minimum atomic E-state index is -0.117. The molecule has 1 unspecified atom stereocenters. The van der Waals surface area contributed by atoms with Crippen LogP contribution in [0.15, 0.2) is 30.5 Å². The predicted octanol–water partition coefficient (Wildman–Crippen LogP) is 4.34. The Labute approximate surface area is 139 Å². The number of benzene rings is 1. The van der Waals surface area contributed by atoms with Crippen molar-refractivity contribution in [1.82, 2.24) is 9.78 Å². The van der Waals surface area contributed by atoms with Crippen LogP contribution in [0.5, 0.6) is 0 Å². The summed E-state index contributed by atoms with van der Waals surface area (Å²) in [5.41, 5.74) is 0.755. The Morgan fingerprint density at radius 2 is 2.18 bits per heavy atom. The van der Waals surface area contributed by atoms with Gasteiger partial charge in [-0.25, -0.2) is 4.68 Å². The zero-order valence-corrected chi connectivity index (χ0v) is 13.7. The second kappa shape index (κ2) is 6.31. The molecule has 0 spiro atoms. The van der Waals surface area contributed by atoms with Crippen LogP contribution >= 0.6 is 23.2 Å². The van der Waals surface area contributed by atoms with Crippen molar-refractivity contribution in [3.63, 3.8) is 0 Å². The van der Waals surface area contributed by atoms with Gasteiger partial charge < -0.3 is 5.32 Å². The van der Waals surface area contributed by atoms with Gasteiger partial charge >= 0.3 is 0 Å². The van der Waals surface area contributed by atoms with Crippen LogP contribution in [0.4, 0.5) is 5.82 Å². The molecule has 1 aromatic carbocycles. The maximum absolute atomic E-state index is 12.2. The molecule has 1 heterocycles. The zero-order valence-electron chi connectivity index (χ0n) is 12.2. The van der Waals surface area contributed by atoms with E-state index in [-0.39, 0.29) is 12.3 Å². The average molecular weight is 338 g/mol. The van der Waals surface area contributed by atoms with Crippen LogP contribution in [0.1, 0.15) is 31.4 Å². The number of anilines is 1. The first-order valence-electron chi connectivity index (χ1n) is 7.32. The van der Waals surface area contributed by atoms with E-state index in [1.807, 2.05) is 10.7 Å². The third-order valence-electron chi connectivity index (χ3n) is 3.99. The summed E-state index contributed by atoms with van der Waals surface area (Å²) in [6.07, 6.45) is 4.38. The molecule has 4 nitrogen and oxygen atoms in total. The molecule has 0 saturated heterocycles. The van der Waals surface area contributed by atoms with E-state index in [4.69, 9.17) is 23.2 Å². The largest absolute Gasteiger partial charge is 0.311 e. The first kappa shape index (κ1) is 15.4. The minimum Gasteiger partial charge on any atom is -0.311 e. The lowest BCUT2D eigenvalue weighted by molar-refractivity contribution is -0.115. The normalized spacial score (nSPS) is 15.6. The fourth-order valence-electron chi connectivity index (χ4n) is 2.54. The smallest absolute Gasteiger partial charge is 0.229 e. The summed E-state index contributed by atoms with van der Waals surface area (Å²) < 4.78 is 1.89. The van der Waals surface area contributed by atoms with Crippen molar-refractivity contribution in [2.45, 2.75) is 32.2 Å². The van der Waals surface area contributed by atoms with Gasteiger partial charge in [0.05, 0.1) is 18.7 Å². The van der Waals surface area contributed by atoms with Gasteiger partial charge in [-0.1, -0.05) is 29.3 Å². The molecular formula is C16H17Cl2N3O. The van der Waals surface area contributed by atoms with Gasteiger partial charge in [0.25, 0.3) is 0 Å². The Hall–Kier alpha value is -1.52. The number of amides is 1. The minimum absolute atomic E-state index is 0.117. The Morgan fingerprint density at radius 1 is 1.41 bits per heavy atom. The molecule has 0 aliphatic heterocycles. The number of halogens is 2. The molecule has 2 aromatic rings. The van der Waals surface area contributed by atoms with Crippen molar-refractivity contribution in [2.75, 3.05) is 5.32 Å². The fourth-order valence-corrected chi connectivity index (χ4v) is 3.02. The van der Waals surface area contributed by atoms with E-state index in [1.54, 1.807) is 24.4 Å². The molecule has 1 atom stereocenters. The van der Waals surface area contributed by atoms with E-state index in [2.05, 4.69) is 17.3 Å². The number of carbonyl (C=O) groups excluding carboxylic acids is 1. The number of hydrogen-bond donors (Lipinski definition) is 1. The summed E-state index contributed by atoms with van der Waals surface area (Å²) in [5.74, 6) is 1.28. The van der Waals surface area contributed by atoms with Gasteiger partial charge in [-0.3, -0.25) is 4.79 Å². The van der Waals surface area contributed by atoms with E-state index >= 15 is 0 Å². The van der Waals surface area contributed by atoms with Crippen molar-refractivity contribution in [2.24, 2.45) is 5.92 Å². The molecule has 0 radical (unpaired) electrons. The fraction of sp³-hybridized carbons (Fsp3) is 0.375. The van der Waals surface area contributed by atoms with Gasteiger partial charge in [0.1, 0.15) is 5.82 Å². The summed E-state index contributed by atoms with van der Waals surface area (Å²) in [5, 5.41) is 8.30. The van der Waals surface area contributed by atoms with E-state index in [0.717, 1.165) is 11.4 Å². The van der Waals surface area contributed by atoms with Gasteiger partial charge in [-0.05, 0) is 43.4 Å². The van der Waals surface area contributed by atoms with Crippen molar-refractivity contribution >= 4 is 34.9 Å². The molecule has 1 N–H and O–H groups in total. The maximum Gasteiger partial charge on any atom is 0.229 e. The van der Waals surface area contributed by atoms with Gasteiger partial charge in [0.2, 0.25) is 5.91 Å². The lowest BCUT2D eigenvalue weighted by Crippen LogP contribution is -2.19. The Kier molecular flexibility index (Phi) is 4.41. The van der Waals surface area contributed by atoms with Crippen LogP contribution in [0.25, 0.3) is 0 Å². The van der Waals surface area contributed by atoms with Crippen molar-refractivity contribution in [3.8, 4) is 0 Å². The lowest BCUT2D eigenvalue weighted by Gasteiger charge is -2.15. The maximum atomic E-state index is 12.2. The SMILES string of the molecule is CC(C1CC1)n1nccc1NC(=O)Cc1ccc(Cl)cc1Cl. The highest BCUT2D eigenvalue weighted by atomic mass is 35.5. The second-order valence-corrected chi connectivity index (χ2v) is 6.54. The molecule has 6 heteroatoms. The third-order valence-corrected chi connectivity index (χ3v) is 4.58. The molecule has 1 aliphatic carbocycles. The summed E-state index contributed by atoms with van der Waals surface area (Å²) in [4.78, 5) is 12.2. The zero-order chi connectivity index (χ0) is 15.7. The van der Waals surface area contributed by atoms with Crippen LogP contribution in [-0.2, 0) is 11.2 Å². The first-order valence-corrected chi connectivity index (χ1v) is 8.07. The third kappa shape index (κ3) is 3.45. The van der Waals surface area contributed by atoms with E-state index in [0.29, 0.717) is 22.0 Å². The quantitative estimate of drug-likeness (QED) is 0.881. The molecule has 116 valence electrons. The van der Waals surface area contributed by atoms with Gasteiger partial charge in [0, 0.05) is 16.1 Å². The van der Waals surface area contributed by atoms with E-state index in [9.17, 15) is 4.79 Å². The van der Waals surface area contributed by atoms with Crippen LogP contribution in [0.2, 0.25) is 10.0 Å². The summed E-state index contributed by atoms with van der Waals surface area (Å²) in [7, 11) is 0. The summed E-state index contributed by atoms with van der Waals surface area (Å²) >= 11 is 12.0. The molecule has 1 saturated carbocycles. The van der Waals surface area contributed by atoms with Crippen LogP contribution in [0, 0.1) is 5.92 Å². The molecular weight excluding hydrogens is 321 g/mol. The second-order valence-electron chi connectivity index (χ2n) is 5.70. The van der Waals surface area contributed by atoms with E-state index in [1.165, 1.54) is 12.8 Å². The molecule has 1 amide bonds. The highest BCUT2D eigenvalue weighted by molar-refractivity contribution is 6.35. The van der Waals surface area contributed by atoms with Crippen molar-refractivity contribution in [3.05, 3.63) is 46.1 Å². The van der Waals surface area contributed by atoms with Crippen molar-refractivity contribution < 1.29 is 4.79 Å². The number of hydrogen-bond acceptors (Lipinski definition) is 2. The molecule has 22 heavy (non-hydrogen) atoms. The van der Waals surface area contributed by atoms with Gasteiger partial charge in [-0.15, -0.1) is 0 Å². The predicted molar refractivity (Wildman–Crippen MR) is 88.5 cm³/mol. The van der Waals surface area contributed by atoms with Gasteiger partial charge in [0.15, 0.2) is 0 Å². The molecule has 1 aliphatic rings. The topological polar surface area (TPSA) is 46.9 Å². The molecule has 1 aromatic heterocycles. The summed E-state index contributed by atoms with van der Waals surface area (Å²) in [6, 6.07) is 7.28. The van der Waals surface area contributed by atoms with Crippen molar-refractivity contribution in [1.29, 1.82) is 0 Å². The highest BCUT2D eigenvalue weighted by Gasteiger charge is 2.30. The van der Waals surface area contributed by atoms with Crippen LogP contribution in [-0.4, -0.2) is 15.7 Å². The number of nitrogens with zero attached hydrogens (tertiary/aromatic N) is 2. The van der Waals surface area contributed by atoms with Crippen LogP contribution < -0.4 is 5.32 Å². The Morgan fingerprint density at radius 3 is 2.86 bits per heavy atom. The lowest BCUT2D eigenvalue weighted by atomic mass is 10.1.